The van der Waals surface area contributed by atoms with Crippen LogP contribution in [0.15, 0.2) is 12.4 Å². The zero-order chi connectivity index (χ0) is 14.8. The van der Waals surface area contributed by atoms with Crippen molar-refractivity contribution in [3.8, 4) is 0 Å². The Morgan fingerprint density at radius 2 is 2.20 bits per heavy atom. The van der Waals surface area contributed by atoms with E-state index in [2.05, 4.69) is 20.7 Å². The highest BCUT2D eigenvalue weighted by Gasteiger charge is 2.36. The summed E-state index contributed by atoms with van der Waals surface area (Å²) in [5.74, 6) is -0.668. The van der Waals surface area contributed by atoms with Crippen LogP contribution in [-0.4, -0.2) is 27.6 Å². The molecule has 0 aliphatic rings. The maximum Gasteiger partial charge on any atom is 0.434 e. The quantitative estimate of drug-likeness (QED) is 0.810. The van der Waals surface area contributed by atoms with Crippen molar-refractivity contribution in [1.82, 2.24) is 15.2 Å². The maximum absolute atomic E-state index is 12.6. The fourth-order valence-electron chi connectivity index (χ4n) is 1.39. The second kappa shape index (κ2) is 5.49. The van der Waals surface area contributed by atoms with Crippen molar-refractivity contribution >= 4 is 28.1 Å². The standard InChI is InChI=1S/C10H10F3N5OS/c1-2-14-9-15-4-6(20-9)8(19)17-5-3-16-18-7(5)10(11,12)13/h3-4H,2H2,1H3,(H,14,15)(H,16,18)(H,17,19). The summed E-state index contributed by atoms with van der Waals surface area (Å²) in [6.45, 7) is 2.50. The predicted molar refractivity (Wildman–Crippen MR) is 67.8 cm³/mol. The molecule has 20 heavy (non-hydrogen) atoms. The van der Waals surface area contributed by atoms with Gasteiger partial charge in [-0.2, -0.15) is 18.3 Å². The first-order valence-electron chi connectivity index (χ1n) is 5.53. The van der Waals surface area contributed by atoms with Crippen molar-refractivity contribution < 1.29 is 18.0 Å². The van der Waals surface area contributed by atoms with Crippen LogP contribution in [0.2, 0.25) is 0 Å². The summed E-state index contributed by atoms with van der Waals surface area (Å²) in [7, 11) is 0. The number of hydrogen-bond donors (Lipinski definition) is 3. The number of thiazole rings is 1. The number of anilines is 2. The molecule has 0 saturated carbocycles. The molecule has 2 aromatic rings. The van der Waals surface area contributed by atoms with Crippen LogP contribution in [0, 0.1) is 0 Å². The van der Waals surface area contributed by atoms with Gasteiger partial charge in [-0.3, -0.25) is 9.89 Å². The number of nitrogens with one attached hydrogen (secondary N) is 3. The minimum atomic E-state index is -4.61. The summed E-state index contributed by atoms with van der Waals surface area (Å²) < 4.78 is 37.8. The lowest BCUT2D eigenvalue weighted by Crippen LogP contribution is -2.15. The number of carbonyl (C=O) groups excluding carboxylic acids is 1. The van der Waals surface area contributed by atoms with Gasteiger partial charge in [0.1, 0.15) is 4.88 Å². The summed E-state index contributed by atoms with van der Waals surface area (Å²) in [5.41, 5.74) is -1.51. The Kier molecular flexibility index (Phi) is 3.93. The van der Waals surface area contributed by atoms with Gasteiger partial charge in [0.25, 0.3) is 5.91 Å². The maximum atomic E-state index is 12.6. The molecule has 0 aromatic carbocycles. The highest BCUT2D eigenvalue weighted by Crippen LogP contribution is 2.33. The van der Waals surface area contributed by atoms with E-state index in [4.69, 9.17) is 0 Å². The molecule has 0 unspecified atom stereocenters. The van der Waals surface area contributed by atoms with E-state index in [1.54, 1.807) is 0 Å². The molecule has 2 heterocycles. The average Bonchev–Trinajstić information content (AvgIpc) is 2.97. The van der Waals surface area contributed by atoms with Gasteiger partial charge >= 0.3 is 6.18 Å². The van der Waals surface area contributed by atoms with Crippen LogP contribution in [0.25, 0.3) is 0 Å². The van der Waals surface area contributed by atoms with Crippen LogP contribution in [0.5, 0.6) is 0 Å². The zero-order valence-corrected chi connectivity index (χ0v) is 11.0. The topological polar surface area (TPSA) is 82.7 Å². The minimum absolute atomic E-state index is 0.204. The Hall–Kier alpha value is -2.10. The minimum Gasteiger partial charge on any atom is -0.362 e. The highest BCUT2D eigenvalue weighted by atomic mass is 32.1. The van der Waals surface area contributed by atoms with E-state index >= 15 is 0 Å². The Morgan fingerprint density at radius 3 is 2.85 bits per heavy atom. The molecule has 0 atom stereocenters. The number of nitrogens with zero attached hydrogens (tertiary/aromatic N) is 2. The molecule has 0 fully saturated rings. The molecule has 1 amide bonds. The van der Waals surface area contributed by atoms with Crippen LogP contribution in [0.3, 0.4) is 0 Å². The number of alkyl halides is 3. The molecule has 0 aliphatic carbocycles. The molecule has 108 valence electrons. The SMILES string of the molecule is CCNc1ncc(C(=O)Nc2cn[nH]c2C(F)(F)F)s1. The normalized spacial score (nSPS) is 11.4. The molecule has 0 bridgehead atoms. The fraction of sp³-hybridized carbons (Fsp3) is 0.300. The zero-order valence-electron chi connectivity index (χ0n) is 10.2. The summed E-state index contributed by atoms with van der Waals surface area (Å²) in [6.07, 6.45) is -2.40. The molecule has 0 aliphatic heterocycles. The number of carbonyl (C=O) groups is 1. The highest BCUT2D eigenvalue weighted by molar-refractivity contribution is 7.17. The molecular weight excluding hydrogens is 295 g/mol. The first-order valence-corrected chi connectivity index (χ1v) is 6.35. The van der Waals surface area contributed by atoms with Crippen LogP contribution in [0.4, 0.5) is 24.0 Å². The molecule has 2 rings (SSSR count). The van der Waals surface area contributed by atoms with Crippen molar-refractivity contribution in [2.24, 2.45) is 0 Å². The van der Waals surface area contributed by atoms with Gasteiger partial charge in [-0.25, -0.2) is 4.98 Å². The van der Waals surface area contributed by atoms with E-state index < -0.39 is 23.5 Å². The van der Waals surface area contributed by atoms with Crippen molar-refractivity contribution in [2.45, 2.75) is 13.1 Å². The predicted octanol–water partition coefficient (Wildman–Crippen LogP) is 2.57. The van der Waals surface area contributed by atoms with Gasteiger partial charge in [0.05, 0.1) is 18.1 Å². The Balaban J connectivity index is 2.13. The molecule has 2 aromatic heterocycles. The fourth-order valence-corrected chi connectivity index (χ4v) is 2.17. The third-order valence-corrected chi connectivity index (χ3v) is 3.18. The van der Waals surface area contributed by atoms with Crippen LogP contribution in [0.1, 0.15) is 22.3 Å². The van der Waals surface area contributed by atoms with E-state index in [9.17, 15) is 18.0 Å². The number of halogens is 3. The van der Waals surface area contributed by atoms with Crippen molar-refractivity contribution in [3.05, 3.63) is 23.0 Å². The van der Waals surface area contributed by atoms with Crippen molar-refractivity contribution in [3.63, 3.8) is 0 Å². The number of H-pyrrole nitrogens is 1. The lowest BCUT2D eigenvalue weighted by atomic mass is 10.3. The largest absolute Gasteiger partial charge is 0.434 e. The Bertz CT molecular complexity index is 606. The van der Waals surface area contributed by atoms with E-state index in [0.29, 0.717) is 11.7 Å². The van der Waals surface area contributed by atoms with Gasteiger partial charge in [-0.1, -0.05) is 11.3 Å². The Morgan fingerprint density at radius 1 is 1.45 bits per heavy atom. The number of amides is 1. The third kappa shape index (κ3) is 3.07. The van der Waals surface area contributed by atoms with Crippen LogP contribution < -0.4 is 10.6 Å². The number of aromatic amines is 1. The van der Waals surface area contributed by atoms with E-state index in [1.165, 1.54) is 6.20 Å². The summed E-state index contributed by atoms with van der Waals surface area (Å²) in [4.78, 5) is 16.0. The van der Waals surface area contributed by atoms with Gasteiger partial charge in [0.2, 0.25) is 0 Å². The lowest BCUT2D eigenvalue weighted by molar-refractivity contribution is -0.140. The van der Waals surface area contributed by atoms with Gasteiger partial charge in [0, 0.05) is 6.54 Å². The Labute approximate surface area is 115 Å². The molecular formula is C10H10F3N5OS. The molecule has 3 N–H and O–H groups in total. The average molecular weight is 305 g/mol. The van der Waals surface area contributed by atoms with Gasteiger partial charge < -0.3 is 10.6 Å². The van der Waals surface area contributed by atoms with Gasteiger partial charge in [0.15, 0.2) is 10.8 Å². The molecule has 0 radical (unpaired) electrons. The molecule has 0 spiro atoms. The van der Waals surface area contributed by atoms with E-state index in [0.717, 1.165) is 17.5 Å². The smallest absolute Gasteiger partial charge is 0.362 e. The second-order valence-electron chi connectivity index (χ2n) is 3.67. The second-order valence-corrected chi connectivity index (χ2v) is 4.70. The van der Waals surface area contributed by atoms with Gasteiger partial charge in [-0.05, 0) is 6.92 Å². The summed E-state index contributed by atoms with van der Waals surface area (Å²) >= 11 is 1.05. The van der Waals surface area contributed by atoms with E-state index in [1.807, 2.05) is 12.0 Å². The van der Waals surface area contributed by atoms with Crippen LogP contribution >= 0.6 is 11.3 Å². The molecule has 0 saturated heterocycles. The van der Waals surface area contributed by atoms with Crippen molar-refractivity contribution in [1.29, 1.82) is 0 Å². The number of aromatic nitrogens is 3. The molecule has 6 nitrogen and oxygen atoms in total. The molecule has 10 heteroatoms. The van der Waals surface area contributed by atoms with E-state index in [-0.39, 0.29) is 4.88 Å². The first-order chi connectivity index (χ1) is 9.41. The summed E-state index contributed by atoms with van der Waals surface area (Å²) in [6, 6.07) is 0. The van der Waals surface area contributed by atoms with Crippen molar-refractivity contribution in [2.75, 3.05) is 17.2 Å². The first kappa shape index (κ1) is 14.3. The number of rotatable bonds is 4. The number of hydrogen-bond acceptors (Lipinski definition) is 5. The lowest BCUT2D eigenvalue weighted by Gasteiger charge is -2.07. The summed E-state index contributed by atoms with van der Waals surface area (Å²) in [5, 5.41) is 10.7. The van der Waals surface area contributed by atoms with Crippen LogP contribution in [-0.2, 0) is 6.18 Å². The van der Waals surface area contributed by atoms with Gasteiger partial charge in [-0.15, -0.1) is 0 Å². The third-order valence-electron chi connectivity index (χ3n) is 2.23. The monoisotopic (exact) mass is 305 g/mol.